The van der Waals surface area contributed by atoms with Gasteiger partial charge >= 0.3 is 0 Å². The summed E-state index contributed by atoms with van der Waals surface area (Å²) in [5.74, 6) is 0.185. The minimum atomic E-state index is -0.337. The summed E-state index contributed by atoms with van der Waals surface area (Å²) >= 11 is 2.23. The minimum Gasteiger partial charge on any atom is -0.488 e. The molecule has 1 aliphatic carbocycles. The summed E-state index contributed by atoms with van der Waals surface area (Å²) in [6, 6.07) is 4.03. The predicted molar refractivity (Wildman–Crippen MR) is 161 cm³/mol. The van der Waals surface area contributed by atoms with Crippen LogP contribution in [-0.2, 0) is 6.54 Å². The van der Waals surface area contributed by atoms with E-state index >= 15 is 4.39 Å². The van der Waals surface area contributed by atoms with E-state index in [1.165, 1.54) is 64.2 Å². The Morgan fingerprint density at radius 1 is 1.00 bits per heavy atom. The van der Waals surface area contributed by atoms with Gasteiger partial charge in [0.1, 0.15) is 17.5 Å². The molecular weight excluding hydrogens is 590 g/mol. The first-order valence-corrected chi connectivity index (χ1v) is 16.1. The minimum absolute atomic E-state index is 0.143. The molecular formula is C31H44FIN4O. The van der Waals surface area contributed by atoms with Gasteiger partial charge in [0, 0.05) is 25.7 Å². The van der Waals surface area contributed by atoms with Crippen LogP contribution < -0.4 is 9.64 Å². The molecule has 0 spiro atoms. The Bertz CT molecular complexity index is 1070. The van der Waals surface area contributed by atoms with Gasteiger partial charge in [-0.15, -0.1) is 0 Å². The lowest BCUT2D eigenvalue weighted by Gasteiger charge is -2.24. The molecule has 0 atom stereocenters. The Labute approximate surface area is 242 Å². The highest BCUT2D eigenvalue weighted by Crippen LogP contribution is 2.44. The average molecular weight is 635 g/mol. The second-order valence-electron chi connectivity index (χ2n) is 11.0. The highest BCUT2D eigenvalue weighted by Gasteiger charge is 2.32. The fourth-order valence-electron chi connectivity index (χ4n) is 5.51. The van der Waals surface area contributed by atoms with Crippen LogP contribution in [-0.4, -0.2) is 29.0 Å². The van der Waals surface area contributed by atoms with Crippen LogP contribution in [0.2, 0.25) is 0 Å². The van der Waals surface area contributed by atoms with Gasteiger partial charge in [0.15, 0.2) is 5.82 Å². The molecule has 4 rings (SSSR count). The number of aryl methyl sites for hydroxylation is 1. The molecule has 1 saturated carbocycles. The summed E-state index contributed by atoms with van der Waals surface area (Å²) in [6.45, 7) is 4.64. The maximum absolute atomic E-state index is 16.4. The first kappa shape index (κ1) is 29.2. The van der Waals surface area contributed by atoms with Crippen LogP contribution in [0.25, 0.3) is 11.3 Å². The van der Waals surface area contributed by atoms with Crippen molar-refractivity contribution >= 4 is 28.3 Å². The van der Waals surface area contributed by atoms with E-state index in [1.54, 1.807) is 12.3 Å². The number of anilines is 1. The maximum Gasteiger partial charge on any atom is 0.161 e. The van der Waals surface area contributed by atoms with Crippen LogP contribution >= 0.6 is 22.6 Å². The molecule has 2 heterocycles. The summed E-state index contributed by atoms with van der Waals surface area (Å²) in [5.41, 5.74) is 1.95. The Morgan fingerprint density at radius 3 is 2.18 bits per heavy atom. The molecule has 1 aromatic heterocycles. The molecule has 1 aromatic carbocycles. The Hall–Kier alpha value is -1.82. The summed E-state index contributed by atoms with van der Waals surface area (Å²) in [7, 11) is 0. The molecule has 0 unspecified atom stereocenters. The largest absolute Gasteiger partial charge is 0.488 e. The lowest BCUT2D eigenvalue weighted by Crippen LogP contribution is -2.21. The zero-order valence-corrected chi connectivity index (χ0v) is 25.3. The SMILES string of the molecule is CCCCCCCCCCCCCCn1ncc(I)c1-c1c(C#N)cc(OC2CC2)c(N2CCCC2)c1F. The fraction of sp³-hybridized carbons (Fsp3) is 0.677. The average Bonchev–Trinajstić information content (AvgIpc) is 3.42. The van der Waals surface area contributed by atoms with E-state index in [0.717, 1.165) is 67.4 Å². The molecule has 0 amide bonds. The zero-order valence-electron chi connectivity index (χ0n) is 23.1. The topological polar surface area (TPSA) is 54.1 Å². The first-order valence-electron chi connectivity index (χ1n) is 15.0. The van der Waals surface area contributed by atoms with Crippen molar-refractivity contribution in [3.8, 4) is 23.1 Å². The Balaban J connectivity index is 1.38. The smallest absolute Gasteiger partial charge is 0.161 e. The van der Waals surface area contributed by atoms with Crippen LogP contribution in [0.1, 0.15) is 115 Å². The van der Waals surface area contributed by atoms with Crippen molar-refractivity contribution in [1.29, 1.82) is 5.26 Å². The molecule has 0 radical (unpaired) electrons. The number of nitriles is 1. The highest BCUT2D eigenvalue weighted by atomic mass is 127. The molecule has 1 saturated heterocycles. The van der Waals surface area contributed by atoms with E-state index in [1.807, 2.05) is 4.68 Å². The van der Waals surface area contributed by atoms with E-state index < -0.39 is 0 Å². The van der Waals surface area contributed by atoms with Gasteiger partial charge in [-0.25, -0.2) is 4.39 Å². The maximum atomic E-state index is 16.4. The number of aromatic nitrogens is 2. The molecule has 2 fully saturated rings. The Kier molecular flexibility index (Phi) is 11.6. The third-order valence-electron chi connectivity index (χ3n) is 7.82. The number of unbranched alkanes of at least 4 members (excludes halogenated alkanes) is 11. The molecule has 7 heteroatoms. The van der Waals surface area contributed by atoms with E-state index in [-0.39, 0.29) is 11.9 Å². The zero-order chi connectivity index (χ0) is 26.7. The van der Waals surface area contributed by atoms with Gasteiger partial charge in [0.2, 0.25) is 0 Å². The van der Waals surface area contributed by atoms with Gasteiger partial charge < -0.3 is 9.64 Å². The molecule has 2 aromatic rings. The highest BCUT2D eigenvalue weighted by molar-refractivity contribution is 14.1. The lowest BCUT2D eigenvalue weighted by molar-refractivity contribution is 0.302. The summed E-state index contributed by atoms with van der Waals surface area (Å²) < 4.78 is 25.3. The Morgan fingerprint density at radius 2 is 1.61 bits per heavy atom. The summed E-state index contributed by atoms with van der Waals surface area (Å²) in [6.07, 6.45) is 21.6. The molecule has 38 heavy (non-hydrogen) atoms. The third-order valence-corrected chi connectivity index (χ3v) is 8.61. The van der Waals surface area contributed by atoms with Gasteiger partial charge in [-0.3, -0.25) is 4.68 Å². The molecule has 0 N–H and O–H groups in total. The lowest BCUT2D eigenvalue weighted by atomic mass is 10.0. The number of hydrogen-bond acceptors (Lipinski definition) is 4. The normalized spacial score (nSPS) is 15.3. The fourth-order valence-corrected chi connectivity index (χ4v) is 6.18. The van der Waals surface area contributed by atoms with Gasteiger partial charge in [-0.05, 0) is 54.7 Å². The third kappa shape index (κ3) is 7.86. The molecule has 0 bridgehead atoms. The van der Waals surface area contributed by atoms with Crippen LogP contribution in [0, 0.1) is 20.7 Å². The first-order chi connectivity index (χ1) is 18.6. The van der Waals surface area contributed by atoms with Crippen LogP contribution in [0.4, 0.5) is 10.1 Å². The van der Waals surface area contributed by atoms with Crippen molar-refractivity contribution in [3.63, 3.8) is 0 Å². The van der Waals surface area contributed by atoms with Gasteiger partial charge in [0.05, 0.1) is 32.7 Å². The van der Waals surface area contributed by atoms with Gasteiger partial charge in [0.25, 0.3) is 0 Å². The van der Waals surface area contributed by atoms with Crippen molar-refractivity contribution < 1.29 is 9.13 Å². The van der Waals surface area contributed by atoms with Gasteiger partial charge in [-0.2, -0.15) is 10.4 Å². The number of rotatable bonds is 17. The van der Waals surface area contributed by atoms with Crippen LogP contribution in [0.3, 0.4) is 0 Å². The molecule has 2 aliphatic rings. The van der Waals surface area contributed by atoms with Crippen molar-refractivity contribution in [2.24, 2.45) is 0 Å². The van der Waals surface area contributed by atoms with E-state index in [0.29, 0.717) is 22.6 Å². The number of hydrogen-bond donors (Lipinski definition) is 0. The number of halogens is 2. The van der Waals surface area contributed by atoms with E-state index in [9.17, 15) is 5.26 Å². The second kappa shape index (κ2) is 15.1. The standard InChI is InChI=1S/C31H44FIN4O/c1-2-3-4-5-6-7-8-9-10-11-12-13-20-37-30(26(33)23-35-37)28-24(22-34)21-27(38-25-16-17-25)31(29(28)32)36-18-14-15-19-36/h21,23,25H,2-20H2,1H3. The second-order valence-corrected chi connectivity index (χ2v) is 12.2. The van der Waals surface area contributed by atoms with E-state index in [4.69, 9.17) is 4.74 Å². The van der Waals surface area contributed by atoms with Crippen molar-refractivity contribution in [2.45, 2.75) is 122 Å². The van der Waals surface area contributed by atoms with Crippen LogP contribution in [0.5, 0.6) is 5.75 Å². The monoisotopic (exact) mass is 634 g/mol. The number of nitrogens with zero attached hydrogens (tertiary/aromatic N) is 4. The van der Waals surface area contributed by atoms with Crippen molar-refractivity contribution in [2.75, 3.05) is 18.0 Å². The summed E-state index contributed by atoms with van der Waals surface area (Å²) in [5, 5.41) is 14.6. The molecule has 5 nitrogen and oxygen atoms in total. The van der Waals surface area contributed by atoms with E-state index in [2.05, 4.69) is 45.6 Å². The molecule has 208 valence electrons. The summed E-state index contributed by atoms with van der Waals surface area (Å²) in [4.78, 5) is 2.09. The van der Waals surface area contributed by atoms with Crippen molar-refractivity contribution in [1.82, 2.24) is 9.78 Å². The number of ether oxygens (including phenoxy) is 1. The quantitative estimate of drug-likeness (QED) is 0.129. The van der Waals surface area contributed by atoms with Crippen molar-refractivity contribution in [3.05, 3.63) is 27.2 Å². The van der Waals surface area contributed by atoms with Gasteiger partial charge in [-0.1, -0.05) is 77.6 Å². The molecule has 1 aliphatic heterocycles. The van der Waals surface area contributed by atoms with Crippen LogP contribution in [0.15, 0.2) is 12.3 Å². The predicted octanol–water partition coefficient (Wildman–Crippen LogP) is 9.01. The number of benzene rings is 1.